The van der Waals surface area contributed by atoms with E-state index in [0.717, 1.165) is 0 Å². The first-order valence-corrected chi connectivity index (χ1v) is 8.78. The van der Waals surface area contributed by atoms with Crippen LogP contribution in [0, 0.1) is 11.8 Å². The quantitative estimate of drug-likeness (QED) is 0.261. The summed E-state index contributed by atoms with van der Waals surface area (Å²) in [6.45, 7) is 2.42. The van der Waals surface area contributed by atoms with Crippen molar-refractivity contribution in [1.29, 1.82) is 0 Å². The summed E-state index contributed by atoms with van der Waals surface area (Å²) in [5.41, 5.74) is 0. The molecule has 3 aliphatic rings. The number of hydrogen-bond donors (Lipinski definition) is 6. The summed E-state index contributed by atoms with van der Waals surface area (Å²) in [4.78, 5) is 23.2. The molecule has 1 saturated carbocycles. The fourth-order valence-electron chi connectivity index (χ4n) is 3.89. The molecular weight excluding hydrogens is 366 g/mol. The van der Waals surface area contributed by atoms with Crippen LogP contribution in [0.3, 0.4) is 0 Å². The van der Waals surface area contributed by atoms with Crippen LogP contribution in [0.1, 0.15) is 13.8 Å². The van der Waals surface area contributed by atoms with E-state index < -0.39 is 85.4 Å². The second-order valence-electron chi connectivity index (χ2n) is 7.31. The van der Waals surface area contributed by atoms with Gasteiger partial charge >= 0.3 is 5.97 Å². The molecule has 3 fully saturated rings. The van der Waals surface area contributed by atoms with Crippen molar-refractivity contribution in [3.63, 3.8) is 0 Å². The van der Waals surface area contributed by atoms with Crippen LogP contribution in [0.2, 0.25) is 0 Å². The number of fused-ring (bicyclic) bond motifs is 1. The lowest BCUT2D eigenvalue weighted by atomic mass is 9.82. The molecule has 2 aliphatic heterocycles. The van der Waals surface area contributed by atoms with Crippen LogP contribution in [0.4, 0.5) is 0 Å². The molecule has 27 heavy (non-hydrogen) atoms. The highest BCUT2D eigenvalue weighted by Gasteiger charge is 2.64. The zero-order valence-electron chi connectivity index (χ0n) is 14.8. The Bertz CT molecular complexity index is 588. The van der Waals surface area contributed by atoms with Gasteiger partial charge in [-0.3, -0.25) is 9.59 Å². The smallest absolute Gasteiger partial charge is 0.312 e. The Morgan fingerprint density at radius 3 is 2.30 bits per heavy atom. The first-order chi connectivity index (χ1) is 12.7. The van der Waals surface area contributed by atoms with Crippen LogP contribution in [-0.4, -0.2) is 99.1 Å². The molecule has 11 nitrogen and oxygen atoms in total. The fourth-order valence-corrected chi connectivity index (χ4v) is 3.89. The van der Waals surface area contributed by atoms with Crippen molar-refractivity contribution in [2.24, 2.45) is 11.8 Å². The topological polar surface area (TPSA) is 178 Å². The summed E-state index contributed by atoms with van der Waals surface area (Å²) in [6.07, 6.45) is -9.22. The highest BCUT2D eigenvalue weighted by Crippen LogP contribution is 2.43. The Balaban J connectivity index is 1.84. The number of nitrogens with one attached hydrogen (secondary N) is 1. The predicted molar refractivity (Wildman–Crippen MR) is 85.2 cm³/mol. The van der Waals surface area contributed by atoms with Crippen molar-refractivity contribution in [1.82, 2.24) is 5.32 Å². The molecule has 2 saturated heterocycles. The number of carbonyl (C=O) groups is 2. The largest absolute Gasteiger partial charge is 0.481 e. The molecule has 0 aromatic heterocycles. The van der Waals surface area contributed by atoms with Gasteiger partial charge in [0.1, 0.15) is 42.5 Å². The summed E-state index contributed by atoms with van der Waals surface area (Å²) < 4.78 is 16.4. The Hall–Kier alpha value is -1.34. The predicted octanol–water partition coefficient (Wildman–Crippen LogP) is -3.21. The number of ether oxygens (including phenoxy) is 3. The number of hydrogen-bond acceptors (Lipinski definition) is 9. The summed E-state index contributed by atoms with van der Waals surface area (Å²) in [6, 6.07) is -1.06. The number of amides is 1. The number of aliphatic hydroxyl groups is 4. The molecule has 1 amide bonds. The molecule has 2 heterocycles. The van der Waals surface area contributed by atoms with E-state index in [9.17, 15) is 35.1 Å². The van der Waals surface area contributed by atoms with Gasteiger partial charge in [0, 0.05) is 12.8 Å². The first kappa shape index (κ1) is 20.4. The van der Waals surface area contributed by atoms with Crippen molar-refractivity contribution in [3.05, 3.63) is 0 Å². The minimum Gasteiger partial charge on any atom is -0.481 e. The van der Waals surface area contributed by atoms with E-state index in [1.165, 1.54) is 6.92 Å². The monoisotopic (exact) mass is 391 g/mol. The molecule has 3 rings (SSSR count). The zero-order chi connectivity index (χ0) is 20.0. The summed E-state index contributed by atoms with van der Waals surface area (Å²) >= 11 is 0. The lowest BCUT2D eigenvalue weighted by molar-refractivity contribution is -0.289. The van der Waals surface area contributed by atoms with Gasteiger partial charge in [0.15, 0.2) is 6.29 Å². The lowest BCUT2D eigenvalue weighted by Crippen LogP contribution is -2.64. The van der Waals surface area contributed by atoms with Gasteiger partial charge in [0.05, 0.1) is 18.8 Å². The number of epoxide rings is 1. The molecule has 0 spiro atoms. The van der Waals surface area contributed by atoms with Crippen molar-refractivity contribution in [2.75, 3.05) is 6.61 Å². The van der Waals surface area contributed by atoms with Gasteiger partial charge in [-0.1, -0.05) is 6.92 Å². The van der Waals surface area contributed by atoms with Gasteiger partial charge in [-0.05, 0) is 0 Å². The maximum atomic E-state index is 11.6. The van der Waals surface area contributed by atoms with Gasteiger partial charge in [-0.15, -0.1) is 0 Å². The van der Waals surface area contributed by atoms with Crippen LogP contribution >= 0.6 is 0 Å². The molecule has 7 unspecified atom stereocenters. The van der Waals surface area contributed by atoms with Crippen molar-refractivity contribution < 1.29 is 49.3 Å². The number of rotatable bonds is 5. The number of carbonyl (C=O) groups excluding carboxylic acids is 1. The van der Waals surface area contributed by atoms with Gasteiger partial charge in [-0.2, -0.15) is 0 Å². The Morgan fingerprint density at radius 1 is 1.07 bits per heavy atom. The maximum absolute atomic E-state index is 11.6. The van der Waals surface area contributed by atoms with E-state index in [-0.39, 0.29) is 0 Å². The van der Waals surface area contributed by atoms with Crippen LogP contribution < -0.4 is 5.32 Å². The Kier molecular flexibility index (Phi) is 5.73. The third kappa shape index (κ3) is 3.68. The molecule has 154 valence electrons. The molecule has 11 atom stereocenters. The van der Waals surface area contributed by atoms with Crippen LogP contribution in [0.15, 0.2) is 0 Å². The molecule has 6 N–H and O–H groups in total. The van der Waals surface area contributed by atoms with Crippen molar-refractivity contribution in [2.45, 2.75) is 68.9 Å². The molecular formula is C16H25NO10. The average molecular weight is 391 g/mol. The number of aliphatic carboxylic acids is 1. The number of carboxylic acids is 1. The Morgan fingerprint density at radius 2 is 1.74 bits per heavy atom. The van der Waals surface area contributed by atoms with E-state index >= 15 is 0 Å². The van der Waals surface area contributed by atoms with E-state index in [4.69, 9.17) is 14.2 Å². The van der Waals surface area contributed by atoms with Gasteiger partial charge in [0.25, 0.3) is 0 Å². The molecule has 0 bridgehead atoms. The maximum Gasteiger partial charge on any atom is 0.312 e. The normalized spacial score (nSPS) is 49.2. The van der Waals surface area contributed by atoms with E-state index in [2.05, 4.69) is 5.32 Å². The summed E-state index contributed by atoms with van der Waals surface area (Å²) in [7, 11) is 0. The van der Waals surface area contributed by atoms with Gasteiger partial charge in [0.2, 0.25) is 5.91 Å². The number of aliphatic hydroxyl groups excluding tert-OH is 4. The highest BCUT2D eigenvalue weighted by atomic mass is 16.7. The zero-order valence-corrected chi connectivity index (χ0v) is 14.8. The lowest BCUT2D eigenvalue weighted by Gasteiger charge is -2.45. The van der Waals surface area contributed by atoms with Crippen molar-refractivity contribution in [3.8, 4) is 0 Å². The van der Waals surface area contributed by atoms with Gasteiger partial charge < -0.3 is 45.1 Å². The Labute approximate surface area is 154 Å². The van der Waals surface area contributed by atoms with E-state index in [0.29, 0.717) is 0 Å². The second kappa shape index (κ2) is 7.59. The molecule has 1 aliphatic carbocycles. The van der Waals surface area contributed by atoms with E-state index in [1.807, 2.05) is 0 Å². The van der Waals surface area contributed by atoms with Gasteiger partial charge in [-0.25, -0.2) is 0 Å². The fraction of sp³-hybridized carbons (Fsp3) is 0.875. The third-order valence-corrected chi connectivity index (χ3v) is 5.51. The van der Waals surface area contributed by atoms with Crippen LogP contribution in [-0.2, 0) is 23.8 Å². The molecule has 0 aromatic rings. The SMILES string of the molecule is CC(=O)NC1C(O)[C@H](C)C(CO)O[C@@H]1O[C@H]1C(O)C(O)[C@@H]2OC2C1C(=O)O. The number of carboxylic acid groups (broad SMARTS) is 1. The second-order valence-corrected chi connectivity index (χ2v) is 7.31. The molecule has 11 heteroatoms. The molecule has 0 aromatic carbocycles. The standard InChI is InChI=1S/C16H25NO10/c1-4-6(3-18)25-16(8(9(4)20)17-5(2)19)27-12-7(15(23)24)13-14(26-13)11(22)10(12)21/h4,6-14,16,18,20-22H,3H2,1-2H3,(H,17,19)(H,23,24)/t4-,6?,7?,8?,9?,10?,11?,12-,13?,14+,16-/m1/s1. The van der Waals surface area contributed by atoms with Crippen LogP contribution in [0.25, 0.3) is 0 Å². The highest BCUT2D eigenvalue weighted by molar-refractivity contribution is 5.73. The molecule has 0 radical (unpaired) electrons. The first-order valence-electron chi connectivity index (χ1n) is 8.78. The van der Waals surface area contributed by atoms with Crippen molar-refractivity contribution >= 4 is 11.9 Å². The minimum atomic E-state index is -1.57. The third-order valence-electron chi connectivity index (χ3n) is 5.51. The van der Waals surface area contributed by atoms with Crippen LogP contribution in [0.5, 0.6) is 0 Å². The van der Waals surface area contributed by atoms with E-state index in [1.54, 1.807) is 6.92 Å². The summed E-state index contributed by atoms with van der Waals surface area (Å²) in [5, 5.41) is 52.3. The minimum absolute atomic E-state index is 0.434. The average Bonchev–Trinajstić information content (AvgIpc) is 3.38. The summed E-state index contributed by atoms with van der Waals surface area (Å²) in [5.74, 6) is -3.56.